The molecular formula is C64H115NO10. The first kappa shape index (κ1) is 70.4. The number of carbonyl (C=O) groups excluding carboxylic acids is 2. The van der Waals surface area contributed by atoms with Crippen LogP contribution in [0, 0.1) is 0 Å². The summed E-state index contributed by atoms with van der Waals surface area (Å²) in [6.45, 7) is 5.75. The van der Waals surface area contributed by atoms with E-state index < -0.39 is 67.4 Å². The molecule has 1 amide bonds. The summed E-state index contributed by atoms with van der Waals surface area (Å²) in [6.07, 6.45) is 53.9. The van der Waals surface area contributed by atoms with E-state index in [0.29, 0.717) is 19.3 Å². The van der Waals surface area contributed by atoms with Gasteiger partial charge in [-0.1, -0.05) is 255 Å². The van der Waals surface area contributed by atoms with Gasteiger partial charge in [-0.05, 0) is 70.6 Å². The van der Waals surface area contributed by atoms with Crippen molar-refractivity contribution in [3.63, 3.8) is 0 Å². The molecule has 0 saturated carbocycles. The van der Waals surface area contributed by atoms with E-state index in [1.807, 2.05) is 6.08 Å². The van der Waals surface area contributed by atoms with E-state index in [9.17, 15) is 35.1 Å². The van der Waals surface area contributed by atoms with Gasteiger partial charge in [0, 0.05) is 6.42 Å². The zero-order valence-corrected chi connectivity index (χ0v) is 48.2. The molecule has 0 spiro atoms. The average molecular weight is 1060 g/mol. The van der Waals surface area contributed by atoms with Crippen LogP contribution in [-0.4, -0.2) is 99.6 Å². The third-order valence-corrected chi connectivity index (χ3v) is 14.4. The van der Waals surface area contributed by atoms with Gasteiger partial charge in [0.05, 0.1) is 25.4 Å². The van der Waals surface area contributed by atoms with Crippen molar-refractivity contribution in [2.45, 2.75) is 320 Å². The molecule has 1 heterocycles. The van der Waals surface area contributed by atoms with Gasteiger partial charge in [0.1, 0.15) is 24.4 Å². The van der Waals surface area contributed by atoms with Crippen LogP contribution < -0.4 is 5.32 Å². The minimum atomic E-state index is -1.62. The quantitative estimate of drug-likeness (QED) is 0.0195. The molecule has 0 aromatic carbocycles. The van der Waals surface area contributed by atoms with Crippen LogP contribution in [0.5, 0.6) is 0 Å². The maximum absolute atomic E-state index is 13.4. The van der Waals surface area contributed by atoms with Crippen LogP contribution in [0.2, 0.25) is 0 Å². The lowest BCUT2D eigenvalue weighted by atomic mass is 9.99. The standard InChI is InChI=1S/C64H115NO10/c1-4-7-10-13-16-19-22-25-26-27-28-29-30-31-32-34-37-40-43-46-49-52-59(69)75-62-61(71)60(70)58(53-66)74-64(62)73-54-55(56(67)50-47-44-41-38-35-24-21-18-15-12-9-6-3)65-63(72)57(68)51-48-45-42-39-36-33-23-20-17-14-11-8-5-2/h16,19,25-26,28-29,31-32,47,50,55-58,60-62,64,66-68,70-71H,4-15,17-18,20-24,27,30,33-46,48-49,51-54H2,1-3H3,(H,65,72)/b19-16-,26-25-,29-28-,32-31-,50-47+. The number of esters is 1. The van der Waals surface area contributed by atoms with Crippen LogP contribution >= 0.6 is 0 Å². The second kappa shape index (κ2) is 52.1. The summed E-state index contributed by atoms with van der Waals surface area (Å²) in [7, 11) is 0. The highest BCUT2D eigenvalue weighted by Crippen LogP contribution is 2.26. The molecule has 75 heavy (non-hydrogen) atoms. The van der Waals surface area contributed by atoms with E-state index in [2.05, 4.69) is 74.7 Å². The number of carbonyl (C=O) groups is 2. The zero-order chi connectivity index (χ0) is 54.7. The maximum atomic E-state index is 13.4. The third-order valence-electron chi connectivity index (χ3n) is 14.4. The Morgan fingerprint density at radius 2 is 0.920 bits per heavy atom. The summed E-state index contributed by atoms with van der Waals surface area (Å²) in [5.74, 6) is -1.21. The number of rotatable bonds is 52. The zero-order valence-electron chi connectivity index (χ0n) is 48.2. The molecule has 0 aromatic heterocycles. The van der Waals surface area contributed by atoms with Crippen LogP contribution in [0.3, 0.4) is 0 Å². The van der Waals surface area contributed by atoms with E-state index in [0.717, 1.165) is 89.9 Å². The topological polar surface area (TPSA) is 175 Å². The number of amides is 1. The molecule has 0 radical (unpaired) electrons. The average Bonchev–Trinajstić information content (AvgIpc) is 3.41. The van der Waals surface area contributed by atoms with E-state index in [1.54, 1.807) is 6.08 Å². The van der Waals surface area contributed by atoms with Crippen molar-refractivity contribution >= 4 is 11.9 Å². The Kier molecular flexibility index (Phi) is 48.9. The second-order valence-electron chi connectivity index (χ2n) is 21.4. The predicted molar refractivity (Wildman–Crippen MR) is 310 cm³/mol. The summed E-state index contributed by atoms with van der Waals surface area (Å²) >= 11 is 0. The number of ether oxygens (including phenoxy) is 3. The van der Waals surface area contributed by atoms with Gasteiger partial charge in [0.2, 0.25) is 5.91 Å². The van der Waals surface area contributed by atoms with Crippen molar-refractivity contribution in [2.24, 2.45) is 0 Å². The molecule has 1 rings (SSSR count). The van der Waals surface area contributed by atoms with E-state index in [1.165, 1.54) is 135 Å². The smallest absolute Gasteiger partial charge is 0.306 e. The Hall–Kier alpha value is -2.64. The van der Waals surface area contributed by atoms with Gasteiger partial charge in [-0.2, -0.15) is 0 Å². The fourth-order valence-electron chi connectivity index (χ4n) is 9.46. The molecule has 1 aliphatic rings. The highest BCUT2D eigenvalue weighted by Gasteiger charge is 2.47. The lowest BCUT2D eigenvalue weighted by Crippen LogP contribution is -2.61. The fraction of sp³-hybridized carbons (Fsp3) is 0.812. The Morgan fingerprint density at radius 3 is 1.40 bits per heavy atom. The molecule has 11 nitrogen and oxygen atoms in total. The van der Waals surface area contributed by atoms with E-state index in [4.69, 9.17) is 14.2 Å². The normalized spacial score (nSPS) is 19.6. The summed E-state index contributed by atoms with van der Waals surface area (Å²) in [6, 6.07) is -1.03. The van der Waals surface area contributed by atoms with Crippen molar-refractivity contribution in [1.29, 1.82) is 0 Å². The van der Waals surface area contributed by atoms with Crippen molar-refractivity contribution in [1.82, 2.24) is 5.32 Å². The molecule has 1 aliphatic heterocycles. The number of aliphatic hydroxyl groups excluding tert-OH is 5. The molecule has 0 aromatic rings. The SMILES string of the molecule is CCCCC/C=C\C/C=C\C/C=C\C/C=C\CCCCCCCC(=O)OC1C(OCC(NC(=O)C(O)CCCCCCCCCCCCCCC)C(O)/C=C/CCCCCCCCCCCC)OC(CO)C(O)C1O. The number of aliphatic hydroxyl groups is 5. The summed E-state index contributed by atoms with van der Waals surface area (Å²) in [4.78, 5) is 26.5. The van der Waals surface area contributed by atoms with Crippen molar-refractivity contribution < 1.29 is 49.3 Å². The minimum Gasteiger partial charge on any atom is -0.454 e. The summed E-state index contributed by atoms with van der Waals surface area (Å²) < 4.78 is 17.6. The van der Waals surface area contributed by atoms with Gasteiger partial charge in [-0.3, -0.25) is 9.59 Å². The predicted octanol–water partition coefficient (Wildman–Crippen LogP) is 14.6. The third kappa shape index (κ3) is 40.2. The Bertz CT molecular complexity index is 1450. The first-order valence-electron chi connectivity index (χ1n) is 31.1. The van der Waals surface area contributed by atoms with Crippen LogP contribution in [0.15, 0.2) is 60.8 Å². The minimum absolute atomic E-state index is 0.102. The molecule has 11 heteroatoms. The van der Waals surface area contributed by atoms with Gasteiger partial charge in [0.15, 0.2) is 12.4 Å². The van der Waals surface area contributed by atoms with Gasteiger partial charge in [-0.25, -0.2) is 0 Å². The molecule has 436 valence electrons. The number of unbranched alkanes of at least 4 members (excludes halogenated alkanes) is 30. The molecular weight excluding hydrogens is 943 g/mol. The first-order valence-corrected chi connectivity index (χ1v) is 31.1. The van der Waals surface area contributed by atoms with Gasteiger partial charge < -0.3 is 45.1 Å². The molecule has 1 fully saturated rings. The molecule has 8 unspecified atom stereocenters. The summed E-state index contributed by atoms with van der Waals surface area (Å²) in [5.41, 5.74) is 0. The van der Waals surface area contributed by atoms with Crippen LogP contribution in [0.25, 0.3) is 0 Å². The molecule has 8 atom stereocenters. The van der Waals surface area contributed by atoms with Crippen LogP contribution in [-0.2, 0) is 23.8 Å². The first-order chi connectivity index (χ1) is 36.7. The van der Waals surface area contributed by atoms with Gasteiger partial charge in [-0.15, -0.1) is 0 Å². The number of allylic oxidation sites excluding steroid dienone is 9. The molecule has 0 aliphatic carbocycles. The lowest BCUT2D eigenvalue weighted by molar-refractivity contribution is -0.305. The van der Waals surface area contributed by atoms with Crippen LogP contribution in [0.1, 0.15) is 271 Å². The van der Waals surface area contributed by atoms with Gasteiger partial charge >= 0.3 is 5.97 Å². The molecule has 0 bridgehead atoms. The van der Waals surface area contributed by atoms with Crippen LogP contribution in [0.4, 0.5) is 0 Å². The number of nitrogens with one attached hydrogen (secondary N) is 1. The number of hydrogen-bond acceptors (Lipinski definition) is 10. The fourth-order valence-corrected chi connectivity index (χ4v) is 9.46. The highest BCUT2D eigenvalue weighted by molar-refractivity contribution is 5.80. The van der Waals surface area contributed by atoms with Gasteiger partial charge in [0.25, 0.3) is 0 Å². The Labute approximate surface area is 458 Å². The Balaban J connectivity index is 2.68. The Morgan fingerprint density at radius 1 is 0.520 bits per heavy atom. The van der Waals surface area contributed by atoms with Crippen molar-refractivity contribution in [2.75, 3.05) is 13.2 Å². The molecule has 6 N–H and O–H groups in total. The monoisotopic (exact) mass is 1060 g/mol. The summed E-state index contributed by atoms with van der Waals surface area (Å²) in [5, 5.41) is 56.9. The largest absolute Gasteiger partial charge is 0.454 e. The van der Waals surface area contributed by atoms with Crippen molar-refractivity contribution in [3.05, 3.63) is 60.8 Å². The lowest BCUT2D eigenvalue weighted by Gasteiger charge is -2.41. The van der Waals surface area contributed by atoms with E-state index in [-0.39, 0.29) is 13.0 Å². The van der Waals surface area contributed by atoms with E-state index >= 15 is 0 Å². The van der Waals surface area contributed by atoms with Crippen molar-refractivity contribution in [3.8, 4) is 0 Å². The second-order valence-corrected chi connectivity index (χ2v) is 21.4. The highest BCUT2D eigenvalue weighted by atomic mass is 16.7. The maximum Gasteiger partial charge on any atom is 0.306 e. The number of hydrogen-bond donors (Lipinski definition) is 6. The molecule has 1 saturated heterocycles.